The molecule has 154 valence electrons. The van der Waals surface area contributed by atoms with E-state index in [0.717, 1.165) is 26.2 Å². The lowest BCUT2D eigenvalue weighted by Crippen LogP contribution is -2.48. The second kappa shape index (κ2) is 10.0. The van der Waals surface area contributed by atoms with E-state index in [1.807, 2.05) is 12.1 Å². The fraction of sp³-hybridized carbons (Fsp3) is 0.409. The van der Waals surface area contributed by atoms with Crippen LogP contribution >= 0.6 is 0 Å². The minimum Gasteiger partial charge on any atom is -0.482 e. The lowest BCUT2D eigenvalue weighted by atomic mass is 10.1. The second-order valence-electron chi connectivity index (χ2n) is 7.24. The maximum absolute atomic E-state index is 12.6. The largest absolute Gasteiger partial charge is 0.482 e. The first-order valence-electron chi connectivity index (χ1n) is 9.84. The van der Waals surface area contributed by atoms with Gasteiger partial charge in [-0.2, -0.15) is 0 Å². The van der Waals surface area contributed by atoms with Crippen LogP contribution in [0.15, 0.2) is 48.8 Å². The van der Waals surface area contributed by atoms with Crippen LogP contribution in [0.1, 0.15) is 24.2 Å². The average molecular weight is 397 g/mol. The molecular weight excluding hydrogens is 370 g/mol. The molecule has 0 radical (unpaired) electrons. The minimum absolute atomic E-state index is 0.0770. The van der Waals surface area contributed by atoms with Gasteiger partial charge in [0.1, 0.15) is 5.75 Å². The summed E-state index contributed by atoms with van der Waals surface area (Å²) in [5.74, 6) is 0.201. The summed E-state index contributed by atoms with van der Waals surface area (Å²) in [5.41, 5.74) is 1.80. The highest BCUT2D eigenvalue weighted by atomic mass is 16.6. The van der Waals surface area contributed by atoms with Crippen molar-refractivity contribution in [2.24, 2.45) is 0 Å². The van der Waals surface area contributed by atoms with Crippen molar-refractivity contribution in [1.82, 2.24) is 9.88 Å². The smallest absolute Gasteiger partial charge is 0.344 e. The van der Waals surface area contributed by atoms with E-state index in [2.05, 4.69) is 14.8 Å². The number of esters is 1. The first-order chi connectivity index (χ1) is 14.0. The molecule has 0 N–H and O–H groups in total. The summed E-state index contributed by atoms with van der Waals surface area (Å²) in [6.07, 6.45) is 3.43. The van der Waals surface area contributed by atoms with E-state index in [1.54, 1.807) is 50.5 Å². The first-order valence-corrected chi connectivity index (χ1v) is 9.84. The summed E-state index contributed by atoms with van der Waals surface area (Å²) >= 11 is 0. The van der Waals surface area contributed by atoms with Gasteiger partial charge in [-0.05, 0) is 50.2 Å². The summed E-state index contributed by atoms with van der Waals surface area (Å²) in [6.45, 7) is 7.28. The van der Waals surface area contributed by atoms with Crippen molar-refractivity contribution in [3.8, 4) is 5.75 Å². The predicted octanol–water partition coefficient (Wildman–Crippen LogP) is 2.42. The Labute approximate surface area is 171 Å². The number of carbonyl (C=O) groups is 2. The van der Waals surface area contributed by atoms with Gasteiger partial charge in [-0.25, -0.2) is 4.79 Å². The normalized spacial score (nSPS) is 14.7. The number of carbonyl (C=O) groups excluding carboxylic acids is 2. The highest BCUT2D eigenvalue weighted by molar-refractivity contribution is 5.97. The zero-order chi connectivity index (χ0) is 20.6. The van der Waals surface area contributed by atoms with Gasteiger partial charge < -0.3 is 14.4 Å². The quantitative estimate of drug-likeness (QED) is 0.500. The van der Waals surface area contributed by atoms with E-state index >= 15 is 0 Å². The number of hydrogen-bond acceptors (Lipinski definition) is 7. The van der Waals surface area contributed by atoms with Crippen LogP contribution in [-0.2, 0) is 9.53 Å². The molecule has 1 aliphatic rings. The number of ketones is 1. The lowest BCUT2D eigenvalue weighted by molar-refractivity contribution is -0.149. The van der Waals surface area contributed by atoms with Gasteiger partial charge >= 0.3 is 5.97 Å². The van der Waals surface area contributed by atoms with Gasteiger partial charge in [-0.15, -0.1) is 0 Å². The standard InChI is InChI=1S/C22H27N3O4/c1-17(2)29-22(27)16-28-20-5-3-18(4-6-20)21(26)15-24-11-13-25(14-12-24)19-7-9-23-10-8-19/h3-10,17H,11-16H2,1-2H3. The van der Waals surface area contributed by atoms with E-state index in [4.69, 9.17) is 9.47 Å². The van der Waals surface area contributed by atoms with Gasteiger partial charge in [0.25, 0.3) is 0 Å². The molecule has 29 heavy (non-hydrogen) atoms. The van der Waals surface area contributed by atoms with Gasteiger partial charge in [-0.3, -0.25) is 14.7 Å². The molecule has 0 saturated carbocycles. The summed E-state index contributed by atoms with van der Waals surface area (Å²) in [7, 11) is 0. The van der Waals surface area contributed by atoms with Crippen LogP contribution in [0.3, 0.4) is 0 Å². The van der Waals surface area contributed by atoms with Crippen LogP contribution in [-0.4, -0.2) is 67.1 Å². The third-order valence-corrected chi connectivity index (χ3v) is 4.67. The van der Waals surface area contributed by atoms with Crippen molar-refractivity contribution in [3.63, 3.8) is 0 Å². The van der Waals surface area contributed by atoms with Crippen LogP contribution in [0.5, 0.6) is 5.75 Å². The number of hydrogen-bond donors (Lipinski definition) is 0. The molecule has 2 aromatic rings. The van der Waals surface area contributed by atoms with E-state index in [0.29, 0.717) is 17.9 Å². The van der Waals surface area contributed by atoms with E-state index < -0.39 is 5.97 Å². The van der Waals surface area contributed by atoms with Crippen LogP contribution < -0.4 is 9.64 Å². The van der Waals surface area contributed by atoms with Gasteiger partial charge in [0.15, 0.2) is 12.4 Å². The molecular formula is C22H27N3O4. The van der Waals surface area contributed by atoms with Gasteiger partial charge in [0.05, 0.1) is 12.6 Å². The zero-order valence-electron chi connectivity index (χ0n) is 16.9. The molecule has 0 atom stereocenters. The highest BCUT2D eigenvalue weighted by Crippen LogP contribution is 2.16. The number of ether oxygens (including phenoxy) is 2. The van der Waals surface area contributed by atoms with Crippen molar-refractivity contribution in [2.75, 3.05) is 44.2 Å². The SMILES string of the molecule is CC(C)OC(=O)COc1ccc(C(=O)CN2CCN(c3ccncc3)CC2)cc1. The number of pyridine rings is 1. The molecule has 0 bridgehead atoms. The van der Waals surface area contributed by atoms with Crippen LogP contribution in [0.25, 0.3) is 0 Å². The fourth-order valence-electron chi connectivity index (χ4n) is 3.19. The van der Waals surface area contributed by atoms with Crippen molar-refractivity contribution in [2.45, 2.75) is 20.0 Å². The predicted molar refractivity (Wildman–Crippen MR) is 110 cm³/mol. The maximum Gasteiger partial charge on any atom is 0.344 e. The minimum atomic E-state index is -0.411. The molecule has 0 aliphatic carbocycles. The number of aromatic nitrogens is 1. The lowest BCUT2D eigenvalue weighted by Gasteiger charge is -2.35. The number of Topliss-reactive ketones (excluding diaryl/α,β-unsaturated/α-hetero) is 1. The van der Waals surface area contributed by atoms with Crippen LogP contribution in [0.2, 0.25) is 0 Å². The van der Waals surface area contributed by atoms with E-state index in [-0.39, 0.29) is 18.5 Å². The van der Waals surface area contributed by atoms with Crippen molar-refractivity contribution in [3.05, 3.63) is 54.4 Å². The van der Waals surface area contributed by atoms with Crippen molar-refractivity contribution >= 4 is 17.4 Å². The highest BCUT2D eigenvalue weighted by Gasteiger charge is 2.20. The Hall–Kier alpha value is -2.93. The Morgan fingerprint density at radius 2 is 1.66 bits per heavy atom. The molecule has 3 rings (SSSR count). The molecule has 7 nitrogen and oxygen atoms in total. The fourth-order valence-corrected chi connectivity index (χ4v) is 3.19. The summed E-state index contributed by atoms with van der Waals surface area (Å²) in [4.78, 5) is 32.6. The second-order valence-corrected chi connectivity index (χ2v) is 7.24. The topological polar surface area (TPSA) is 72.0 Å². The third-order valence-electron chi connectivity index (χ3n) is 4.67. The average Bonchev–Trinajstić information content (AvgIpc) is 2.73. The third kappa shape index (κ3) is 6.29. The van der Waals surface area contributed by atoms with Crippen LogP contribution in [0.4, 0.5) is 5.69 Å². The number of anilines is 1. The Morgan fingerprint density at radius 1 is 1.00 bits per heavy atom. The molecule has 0 unspecified atom stereocenters. The summed E-state index contributed by atoms with van der Waals surface area (Å²) in [6, 6.07) is 10.9. The van der Waals surface area contributed by atoms with Gasteiger partial charge in [-0.1, -0.05) is 0 Å². The van der Waals surface area contributed by atoms with E-state index in [9.17, 15) is 9.59 Å². The van der Waals surface area contributed by atoms with Crippen LogP contribution in [0, 0.1) is 0 Å². The Bertz CT molecular complexity index is 801. The molecule has 1 aliphatic heterocycles. The van der Waals surface area contributed by atoms with Crippen molar-refractivity contribution in [1.29, 1.82) is 0 Å². The molecule has 0 amide bonds. The number of piperazine rings is 1. The number of benzene rings is 1. The Morgan fingerprint density at radius 3 is 2.28 bits per heavy atom. The number of rotatable bonds is 8. The molecule has 0 spiro atoms. The molecule has 2 heterocycles. The molecule has 1 fully saturated rings. The monoisotopic (exact) mass is 397 g/mol. The maximum atomic E-state index is 12.6. The first kappa shape index (κ1) is 20.8. The molecule has 1 aromatic heterocycles. The van der Waals surface area contributed by atoms with Gasteiger partial charge in [0, 0.05) is 49.8 Å². The Kier molecular flexibility index (Phi) is 7.19. The summed E-state index contributed by atoms with van der Waals surface area (Å²) < 4.78 is 10.4. The summed E-state index contributed by atoms with van der Waals surface area (Å²) in [5, 5.41) is 0. The van der Waals surface area contributed by atoms with Crippen molar-refractivity contribution < 1.29 is 19.1 Å². The molecule has 1 aromatic carbocycles. The van der Waals surface area contributed by atoms with Gasteiger partial charge in [0.2, 0.25) is 0 Å². The molecule has 1 saturated heterocycles. The number of nitrogens with zero attached hydrogens (tertiary/aromatic N) is 3. The molecule has 7 heteroatoms. The Balaban J connectivity index is 1.44. The van der Waals surface area contributed by atoms with E-state index in [1.165, 1.54) is 5.69 Å². The zero-order valence-corrected chi connectivity index (χ0v) is 16.9.